The molecule has 2 aromatic rings. The maximum atomic E-state index is 12.2. The minimum Gasteiger partial charge on any atom is -0.324 e. The summed E-state index contributed by atoms with van der Waals surface area (Å²) in [6.45, 7) is 1.73. The highest BCUT2D eigenvalue weighted by molar-refractivity contribution is 7.92. The number of hydrogen-bond acceptors (Lipinski definition) is 4. The van der Waals surface area contributed by atoms with Crippen molar-refractivity contribution in [1.82, 2.24) is 9.55 Å². The molecule has 0 saturated heterocycles. The van der Waals surface area contributed by atoms with Gasteiger partial charge in [0, 0.05) is 7.05 Å². The first-order chi connectivity index (χ1) is 9.36. The van der Waals surface area contributed by atoms with Gasteiger partial charge in [0.2, 0.25) is 5.03 Å². The summed E-state index contributed by atoms with van der Waals surface area (Å²) < 4.78 is 28.2. The van der Waals surface area contributed by atoms with Crippen molar-refractivity contribution in [1.29, 1.82) is 5.26 Å². The molecule has 0 aliphatic rings. The number of nitrogens with one attached hydrogen (secondary N) is 1. The molecule has 8 heteroatoms. The zero-order valence-corrected chi connectivity index (χ0v) is 12.3. The number of aryl methyl sites for hydroxylation is 2. The molecule has 0 atom stereocenters. The van der Waals surface area contributed by atoms with Gasteiger partial charge in [0.05, 0.1) is 17.6 Å². The van der Waals surface area contributed by atoms with Crippen molar-refractivity contribution in [3.63, 3.8) is 0 Å². The van der Waals surface area contributed by atoms with Gasteiger partial charge in [-0.2, -0.15) is 13.7 Å². The molecule has 0 aliphatic heterocycles. The average Bonchev–Trinajstić information content (AvgIpc) is 2.70. The number of nitrogens with zero attached hydrogens (tertiary/aromatic N) is 3. The van der Waals surface area contributed by atoms with Crippen LogP contribution in [0.25, 0.3) is 0 Å². The molecule has 1 N–H and O–H groups in total. The van der Waals surface area contributed by atoms with Crippen LogP contribution < -0.4 is 4.72 Å². The van der Waals surface area contributed by atoms with E-state index >= 15 is 0 Å². The Kier molecular flexibility index (Phi) is 3.70. The van der Waals surface area contributed by atoms with Gasteiger partial charge >= 0.3 is 0 Å². The lowest BCUT2D eigenvalue weighted by atomic mass is 10.1. The predicted octanol–water partition coefficient (Wildman–Crippen LogP) is 2.05. The van der Waals surface area contributed by atoms with E-state index in [-0.39, 0.29) is 21.4 Å². The van der Waals surface area contributed by atoms with Crippen molar-refractivity contribution in [3.05, 3.63) is 40.8 Å². The number of anilines is 1. The Morgan fingerprint density at radius 1 is 1.45 bits per heavy atom. The molecule has 6 nitrogen and oxygen atoms in total. The molecule has 0 bridgehead atoms. The summed E-state index contributed by atoms with van der Waals surface area (Å²) in [4.78, 5) is 3.76. The summed E-state index contributed by atoms with van der Waals surface area (Å²) in [5, 5.41) is 8.83. The molecule has 20 heavy (non-hydrogen) atoms. The number of benzene rings is 1. The Morgan fingerprint density at radius 2 is 2.15 bits per heavy atom. The van der Waals surface area contributed by atoms with E-state index in [4.69, 9.17) is 16.9 Å². The lowest BCUT2D eigenvalue weighted by Gasteiger charge is -2.09. The molecular weight excluding hydrogens is 300 g/mol. The normalized spacial score (nSPS) is 11.1. The number of sulfonamides is 1. The summed E-state index contributed by atoms with van der Waals surface area (Å²) in [6.07, 6.45) is 1.30. The third-order valence-corrected chi connectivity index (χ3v) is 4.57. The first kappa shape index (κ1) is 14.4. The van der Waals surface area contributed by atoms with E-state index in [1.54, 1.807) is 26.1 Å². The fraction of sp³-hybridized carbons (Fsp3) is 0.167. The second-order valence-electron chi connectivity index (χ2n) is 4.17. The summed E-state index contributed by atoms with van der Waals surface area (Å²) in [6, 6.07) is 6.87. The highest BCUT2D eigenvalue weighted by atomic mass is 35.5. The van der Waals surface area contributed by atoms with Crippen molar-refractivity contribution in [2.75, 3.05) is 4.72 Å². The van der Waals surface area contributed by atoms with Crippen LogP contribution in [0, 0.1) is 18.3 Å². The molecular formula is C12H11ClN4O2S. The van der Waals surface area contributed by atoms with Crippen molar-refractivity contribution in [3.8, 4) is 6.07 Å². The van der Waals surface area contributed by atoms with Crippen LogP contribution in [-0.2, 0) is 17.1 Å². The molecule has 0 aliphatic carbocycles. The molecule has 2 rings (SSSR count). The molecule has 0 unspecified atom stereocenters. The van der Waals surface area contributed by atoms with Crippen molar-refractivity contribution < 1.29 is 8.42 Å². The second-order valence-corrected chi connectivity index (χ2v) is 6.12. The van der Waals surface area contributed by atoms with E-state index in [0.717, 1.165) is 0 Å². The van der Waals surface area contributed by atoms with Crippen molar-refractivity contribution in [2.24, 2.45) is 7.05 Å². The first-order valence-electron chi connectivity index (χ1n) is 5.56. The zero-order valence-electron chi connectivity index (χ0n) is 10.8. The van der Waals surface area contributed by atoms with Gasteiger partial charge in [-0.3, -0.25) is 4.72 Å². The lowest BCUT2D eigenvalue weighted by Crippen LogP contribution is -2.15. The monoisotopic (exact) mass is 310 g/mol. The standard InChI is InChI=1S/C12H11ClN4O2S/c1-8-4-3-5-10(9(8)6-14)16-20(18,19)12-11(13)17(2)7-15-12/h3-5,7,16H,1-2H3. The van der Waals surface area contributed by atoms with Crippen LogP contribution in [0.15, 0.2) is 29.6 Å². The first-order valence-corrected chi connectivity index (χ1v) is 7.42. The van der Waals surface area contributed by atoms with Crippen LogP contribution in [0.2, 0.25) is 5.15 Å². The summed E-state index contributed by atoms with van der Waals surface area (Å²) >= 11 is 5.88. The Labute approximate surface area is 121 Å². The van der Waals surface area contributed by atoms with Gasteiger partial charge in [-0.05, 0) is 18.6 Å². The smallest absolute Gasteiger partial charge is 0.282 e. The fourth-order valence-electron chi connectivity index (χ4n) is 1.67. The Morgan fingerprint density at radius 3 is 2.70 bits per heavy atom. The largest absolute Gasteiger partial charge is 0.324 e. The van der Waals surface area contributed by atoms with Gasteiger partial charge in [-0.25, -0.2) is 4.98 Å². The molecule has 1 heterocycles. The molecule has 1 aromatic heterocycles. The number of imidazole rings is 1. The number of nitriles is 1. The highest BCUT2D eigenvalue weighted by Crippen LogP contribution is 2.24. The average molecular weight is 311 g/mol. The number of halogens is 1. The van der Waals surface area contributed by atoms with Crippen molar-refractivity contribution in [2.45, 2.75) is 11.9 Å². The summed E-state index contributed by atoms with van der Waals surface area (Å²) in [5.74, 6) is 0. The van der Waals surface area contributed by atoms with Crippen LogP contribution >= 0.6 is 11.6 Å². The van der Waals surface area contributed by atoms with Crippen LogP contribution in [0.5, 0.6) is 0 Å². The predicted molar refractivity (Wildman–Crippen MR) is 74.9 cm³/mol. The van der Waals surface area contributed by atoms with E-state index in [0.29, 0.717) is 5.56 Å². The molecule has 0 amide bonds. The van der Waals surface area contributed by atoms with Crippen LogP contribution in [0.1, 0.15) is 11.1 Å². The van der Waals surface area contributed by atoms with Gasteiger partial charge < -0.3 is 4.57 Å². The minimum absolute atomic E-state index is 0.00339. The Balaban J connectivity index is 2.47. The Hall–Kier alpha value is -2.04. The van der Waals surface area contributed by atoms with E-state index in [2.05, 4.69) is 9.71 Å². The molecule has 0 saturated carbocycles. The highest BCUT2D eigenvalue weighted by Gasteiger charge is 2.23. The SMILES string of the molecule is Cc1cccc(NS(=O)(=O)c2ncn(C)c2Cl)c1C#N. The summed E-state index contributed by atoms with van der Waals surface area (Å²) in [5.41, 5.74) is 1.15. The van der Waals surface area contributed by atoms with Gasteiger partial charge in [-0.1, -0.05) is 23.7 Å². The third-order valence-electron chi connectivity index (χ3n) is 2.72. The van der Waals surface area contributed by atoms with Gasteiger partial charge in [-0.15, -0.1) is 0 Å². The second kappa shape index (κ2) is 5.15. The van der Waals surface area contributed by atoms with Gasteiger partial charge in [0.25, 0.3) is 10.0 Å². The molecule has 104 valence electrons. The minimum atomic E-state index is -3.94. The zero-order chi connectivity index (χ0) is 14.9. The van der Waals surface area contributed by atoms with E-state index < -0.39 is 10.0 Å². The van der Waals surface area contributed by atoms with Crippen LogP contribution in [0.3, 0.4) is 0 Å². The van der Waals surface area contributed by atoms with Crippen LogP contribution in [-0.4, -0.2) is 18.0 Å². The van der Waals surface area contributed by atoms with Gasteiger partial charge in [0.1, 0.15) is 11.2 Å². The molecule has 0 radical (unpaired) electrons. The quantitative estimate of drug-likeness (QED) is 0.939. The van der Waals surface area contributed by atoms with E-state index in [1.807, 2.05) is 6.07 Å². The lowest BCUT2D eigenvalue weighted by molar-refractivity contribution is 0.598. The van der Waals surface area contributed by atoms with Gasteiger partial charge in [0.15, 0.2) is 0 Å². The van der Waals surface area contributed by atoms with E-state index in [9.17, 15) is 8.42 Å². The Bertz CT molecular complexity index is 805. The topological polar surface area (TPSA) is 87.8 Å². The maximum absolute atomic E-state index is 12.2. The number of hydrogen-bond donors (Lipinski definition) is 1. The number of aromatic nitrogens is 2. The molecule has 0 fully saturated rings. The van der Waals surface area contributed by atoms with Crippen LogP contribution in [0.4, 0.5) is 5.69 Å². The molecule has 0 spiro atoms. The molecule has 1 aromatic carbocycles. The third kappa shape index (κ3) is 2.48. The summed E-state index contributed by atoms with van der Waals surface area (Å²) in [7, 11) is -2.35. The van der Waals surface area contributed by atoms with E-state index in [1.165, 1.54) is 17.0 Å². The fourth-order valence-corrected chi connectivity index (χ4v) is 3.17. The maximum Gasteiger partial charge on any atom is 0.282 e. The number of rotatable bonds is 3. The van der Waals surface area contributed by atoms with Crippen molar-refractivity contribution >= 4 is 27.3 Å².